The molecule has 0 unspecified atom stereocenters. The number of rotatable bonds is 5. The first kappa shape index (κ1) is 19.7. The van der Waals surface area contributed by atoms with Crippen LogP contribution in [0.2, 0.25) is 0 Å². The predicted octanol–water partition coefficient (Wildman–Crippen LogP) is 6.99. The van der Waals surface area contributed by atoms with Crippen molar-refractivity contribution in [2.75, 3.05) is 6.61 Å². The van der Waals surface area contributed by atoms with Crippen LogP contribution in [0.1, 0.15) is 57.4 Å². The van der Waals surface area contributed by atoms with Crippen molar-refractivity contribution in [1.82, 2.24) is 0 Å². The maximum atomic E-state index is 14.7. The second-order valence-corrected chi connectivity index (χ2v) is 7.37. The van der Waals surface area contributed by atoms with Crippen molar-refractivity contribution in [2.45, 2.75) is 51.9 Å². The molecule has 27 heavy (non-hydrogen) atoms. The van der Waals surface area contributed by atoms with Crippen LogP contribution in [0.25, 0.3) is 11.1 Å². The minimum Gasteiger partial charge on any atom is -0.490 e. The Hall–Kier alpha value is -2.04. The van der Waals surface area contributed by atoms with E-state index in [0.29, 0.717) is 17.9 Å². The SMILES string of the molecule is CCCOc1ccc(-c2ccc(C3CCC(C)CC3)c(F)c2F)c(F)c1F. The van der Waals surface area contributed by atoms with Gasteiger partial charge in [0.2, 0.25) is 5.82 Å². The molecule has 0 N–H and O–H groups in total. The lowest BCUT2D eigenvalue weighted by atomic mass is 9.79. The van der Waals surface area contributed by atoms with Crippen LogP contribution in [0.15, 0.2) is 24.3 Å². The summed E-state index contributed by atoms with van der Waals surface area (Å²) in [5.74, 6) is -4.18. The number of ether oxygens (including phenoxy) is 1. The molecule has 0 radical (unpaired) electrons. The Morgan fingerprint density at radius 1 is 0.815 bits per heavy atom. The highest BCUT2D eigenvalue weighted by Crippen LogP contribution is 2.39. The molecule has 5 heteroatoms. The fourth-order valence-electron chi connectivity index (χ4n) is 3.72. The first-order valence-electron chi connectivity index (χ1n) is 9.53. The maximum absolute atomic E-state index is 14.7. The summed E-state index contributed by atoms with van der Waals surface area (Å²) in [5, 5.41) is 0. The van der Waals surface area contributed by atoms with Crippen LogP contribution in [0, 0.1) is 29.2 Å². The molecule has 1 saturated carbocycles. The van der Waals surface area contributed by atoms with Crippen LogP contribution >= 0.6 is 0 Å². The Labute approximate surface area is 157 Å². The van der Waals surface area contributed by atoms with E-state index >= 15 is 0 Å². The molecule has 1 nitrogen and oxygen atoms in total. The van der Waals surface area contributed by atoms with Crippen molar-refractivity contribution >= 4 is 0 Å². The van der Waals surface area contributed by atoms with Crippen molar-refractivity contribution in [2.24, 2.45) is 5.92 Å². The fourth-order valence-corrected chi connectivity index (χ4v) is 3.72. The molecule has 0 aliphatic heterocycles. The Bertz CT molecular complexity index is 810. The minimum atomic E-state index is -1.24. The summed E-state index contributed by atoms with van der Waals surface area (Å²) in [5.41, 5.74) is -0.262. The summed E-state index contributed by atoms with van der Waals surface area (Å²) >= 11 is 0. The molecular weight excluding hydrogens is 356 g/mol. The van der Waals surface area contributed by atoms with Crippen molar-refractivity contribution in [3.8, 4) is 16.9 Å². The normalized spacial score (nSPS) is 19.9. The van der Waals surface area contributed by atoms with Crippen molar-refractivity contribution < 1.29 is 22.3 Å². The number of hydrogen-bond donors (Lipinski definition) is 0. The van der Waals surface area contributed by atoms with Crippen molar-refractivity contribution in [3.05, 3.63) is 53.1 Å². The lowest BCUT2D eigenvalue weighted by molar-refractivity contribution is 0.295. The molecule has 0 atom stereocenters. The molecular formula is C22H24F4O. The van der Waals surface area contributed by atoms with E-state index in [-0.39, 0.29) is 29.4 Å². The van der Waals surface area contributed by atoms with Gasteiger partial charge in [-0.25, -0.2) is 13.2 Å². The van der Waals surface area contributed by atoms with Gasteiger partial charge in [-0.05, 0) is 48.8 Å². The van der Waals surface area contributed by atoms with Gasteiger partial charge < -0.3 is 4.74 Å². The fraction of sp³-hybridized carbons (Fsp3) is 0.455. The molecule has 0 bridgehead atoms. The highest BCUT2D eigenvalue weighted by molar-refractivity contribution is 5.66. The largest absolute Gasteiger partial charge is 0.490 e. The first-order valence-corrected chi connectivity index (χ1v) is 9.53. The lowest BCUT2D eigenvalue weighted by Gasteiger charge is -2.27. The van der Waals surface area contributed by atoms with Gasteiger partial charge in [0.05, 0.1) is 6.61 Å². The molecule has 2 aromatic carbocycles. The van der Waals surface area contributed by atoms with E-state index in [0.717, 1.165) is 25.7 Å². The summed E-state index contributed by atoms with van der Waals surface area (Å²) in [4.78, 5) is 0. The third-order valence-electron chi connectivity index (χ3n) is 5.37. The van der Waals surface area contributed by atoms with Crippen molar-refractivity contribution in [3.63, 3.8) is 0 Å². The Morgan fingerprint density at radius 2 is 1.41 bits per heavy atom. The van der Waals surface area contributed by atoms with Crippen LogP contribution < -0.4 is 4.74 Å². The summed E-state index contributed by atoms with van der Waals surface area (Å²) in [7, 11) is 0. The smallest absolute Gasteiger partial charge is 0.201 e. The molecule has 0 aromatic heterocycles. The van der Waals surface area contributed by atoms with Gasteiger partial charge in [0.15, 0.2) is 23.2 Å². The summed E-state index contributed by atoms with van der Waals surface area (Å²) in [6.07, 6.45) is 4.22. The number of hydrogen-bond acceptors (Lipinski definition) is 1. The van der Waals surface area contributed by atoms with E-state index in [2.05, 4.69) is 6.92 Å². The predicted molar refractivity (Wildman–Crippen MR) is 97.9 cm³/mol. The molecule has 0 spiro atoms. The minimum absolute atomic E-state index is 0.0313. The second-order valence-electron chi connectivity index (χ2n) is 7.37. The second kappa shape index (κ2) is 8.32. The zero-order chi connectivity index (χ0) is 19.6. The molecule has 3 rings (SSSR count). The highest BCUT2D eigenvalue weighted by atomic mass is 19.2. The van der Waals surface area contributed by atoms with E-state index in [4.69, 9.17) is 4.74 Å². The Kier molecular flexibility index (Phi) is 6.08. The quantitative estimate of drug-likeness (QED) is 0.508. The average Bonchev–Trinajstić information content (AvgIpc) is 2.67. The molecule has 1 aliphatic rings. The molecule has 1 fully saturated rings. The van der Waals surface area contributed by atoms with Gasteiger partial charge in [0.1, 0.15) is 0 Å². The molecule has 0 saturated heterocycles. The van der Waals surface area contributed by atoms with E-state index in [1.54, 1.807) is 0 Å². The Balaban J connectivity index is 1.94. The van der Waals surface area contributed by atoms with Crippen LogP contribution in [-0.4, -0.2) is 6.61 Å². The summed E-state index contributed by atoms with van der Waals surface area (Å²) < 4.78 is 63.2. The lowest BCUT2D eigenvalue weighted by Crippen LogP contribution is -2.13. The van der Waals surface area contributed by atoms with Gasteiger partial charge in [-0.15, -0.1) is 0 Å². The van der Waals surface area contributed by atoms with Crippen LogP contribution in [0.4, 0.5) is 17.6 Å². The van der Waals surface area contributed by atoms with Gasteiger partial charge in [-0.3, -0.25) is 0 Å². The average molecular weight is 380 g/mol. The third kappa shape index (κ3) is 3.97. The van der Waals surface area contributed by atoms with Gasteiger partial charge in [0.25, 0.3) is 0 Å². The molecule has 146 valence electrons. The molecule has 2 aromatic rings. The topological polar surface area (TPSA) is 9.23 Å². The van der Waals surface area contributed by atoms with Gasteiger partial charge in [-0.2, -0.15) is 4.39 Å². The summed E-state index contributed by atoms with van der Waals surface area (Å²) in [6.45, 7) is 4.24. The number of benzene rings is 2. The molecule has 0 heterocycles. The zero-order valence-electron chi connectivity index (χ0n) is 15.6. The standard InChI is InChI=1S/C22H24F4O/c1-3-12-27-18-11-10-17(21(25)22(18)26)16-9-8-15(19(23)20(16)24)14-6-4-13(2)5-7-14/h8-11,13-14H,3-7,12H2,1-2H3. The van der Waals surface area contributed by atoms with Crippen LogP contribution in [0.3, 0.4) is 0 Å². The summed E-state index contributed by atoms with van der Waals surface area (Å²) in [6, 6.07) is 5.32. The van der Waals surface area contributed by atoms with E-state index in [1.165, 1.54) is 24.3 Å². The molecule has 0 amide bonds. The van der Waals surface area contributed by atoms with E-state index < -0.39 is 23.3 Å². The van der Waals surface area contributed by atoms with Crippen molar-refractivity contribution in [1.29, 1.82) is 0 Å². The van der Waals surface area contributed by atoms with Crippen LogP contribution in [0.5, 0.6) is 5.75 Å². The van der Waals surface area contributed by atoms with E-state index in [9.17, 15) is 17.6 Å². The highest BCUT2D eigenvalue weighted by Gasteiger charge is 2.26. The number of halogens is 4. The van der Waals surface area contributed by atoms with Crippen LogP contribution in [-0.2, 0) is 0 Å². The maximum Gasteiger partial charge on any atom is 0.201 e. The molecule has 1 aliphatic carbocycles. The van der Waals surface area contributed by atoms with Gasteiger partial charge >= 0.3 is 0 Å². The van der Waals surface area contributed by atoms with Gasteiger partial charge in [-0.1, -0.05) is 38.8 Å². The van der Waals surface area contributed by atoms with E-state index in [1.807, 2.05) is 6.92 Å². The van der Waals surface area contributed by atoms with Gasteiger partial charge in [0, 0.05) is 11.1 Å². The Morgan fingerprint density at radius 3 is 2.04 bits per heavy atom. The first-order chi connectivity index (χ1) is 12.9. The monoisotopic (exact) mass is 380 g/mol. The zero-order valence-corrected chi connectivity index (χ0v) is 15.6. The third-order valence-corrected chi connectivity index (χ3v) is 5.37.